The van der Waals surface area contributed by atoms with Crippen LogP contribution in [0.4, 0.5) is 16.2 Å². The lowest BCUT2D eigenvalue weighted by atomic mass is 9.99. The van der Waals surface area contributed by atoms with E-state index in [1.54, 1.807) is 0 Å². The standard InChI is InChI=1S/C21H35N5O/c1-18-8-11-24(12-9-18)19-4-6-20(7-5-19)25-14-16-26(17-15-25)21(27)22-10-13-23(2)3/h4-7,18H,8-17H2,1-3H3,(H,22,27). The number of nitrogens with one attached hydrogen (secondary N) is 1. The molecule has 0 unspecified atom stereocenters. The van der Waals surface area contributed by atoms with E-state index in [0.29, 0.717) is 6.54 Å². The number of piperazine rings is 1. The molecule has 0 saturated carbocycles. The average Bonchev–Trinajstić information content (AvgIpc) is 2.68. The van der Waals surface area contributed by atoms with Crippen molar-refractivity contribution in [1.82, 2.24) is 15.1 Å². The fourth-order valence-electron chi connectivity index (χ4n) is 3.81. The molecule has 27 heavy (non-hydrogen) atoms. The fraction of sp³-hybridized carbons (Fsp3) is 0.667. The summed E-state index contributed by atoms with van der Waals surface area (Å²) in [6, 6.07) is 9.05. The number of urea groups is 1. The minimum atomic E-state index is 0.0613. The first kappa shape index (κ1) is 19.8. The lowest BCUT2D eigenvalue weighted by Gasteiger charge is -2.36. The van der Waals surface area contributed by atoms with Crippen molar-refractivity contribution in [3.8, 4) is 0 Å². The Labute approximate surface area is 164 Å². The summed E-state index contributed by atoms with van der Waals surface area (Å²) in [7, 11) is 4.03. The van der Waals surface area contributed by atoms with E-state index in [2.05, 4.69) is 51.2 Å². The minimum Gasteiger partial charge on any atom is -0.372 e. The van der Waals surface area contributed by atoms with Crippen LogP contribution < -0.4 is 15.1 Å². The zero-order valence-electron chi connectivity index (χ0n) is 17.2. The number of carbonyl (C=O) groups excluding carboxylic acids is 1. The molecule has 2 fully saturated rings. The van der Waals surface area contributed by atoms with Crippen LogP contribution in [0.3, 0.4) is 0 Å². The van der Waals surface area contributed by atoms with E-state index in [1.165, 1.54) is 37.3 Å². The van der Waals surface area contributed by atoms with Crippen LogP contribution in [0, 0.1) is 5.92 Å². The number of piperidine rings is 1. The quantitative estimate of drug-likeness (QED) is 0.860. The van der Waals surface area contributed by atoms with Gasteiger partial charge in [-0.1, -0.05) is 6.92 Å². The summed E-state index contributed by atoms with van der Waals surface area (Å²) in [5.74, 6) is 0.858. The molecule has 150 valence electrons. The van der Waals surface area contributed by atoms with Crippen molar-refractivity contribution < 1.29 is 4.79 Å². The number of carbonyl (C=O) groups is 1. The third-order valence-electron chi connectivity index (χ3n) is 5.77. The van der Waals surface area contributed by atoms with Crippen LogP contribution in [0.15, 0.2) is 24.3 Å². The van der Waals surface area contributed by atoms with E-state index in [9.17, 15) is 4.79 Å². The minimum absolute atomic E-state index is 0.0613. The Kier molecular flexibility index (Phi) is 6.83. The molecule has 0 aliphatic carbocycles. The summed E-state index contributed by atoms with van der Waals surface area (Å²) < 4.78 is 0. The molecule has 0 aromatic heterocycles. The predicted octanol–water partition coefficient (Wildman–Crippen LogP) is 2.32. The second-order valence-electron chi connectivity index (χ2n) is 8.20. The third kappa shape index (κ3) is 5.51. The summed E-state index contributed by atoms with van der Waals surface area (Å²) in [4.78, 5) is 21.1. The first-order valence-corrected chi connectivity index (χ1v) is 10.3. The van der Waals surface area contributed by atoms with Crippen LogP contribution in [0.5, 0.6) is 0 Å². The van der Waals surface area contributed by atoms with Crippen molar-refractivity contribution in [3.63, 3.8) is 0 Å². The van der Waals surface area contributed by atoms with Crippen molar-refractivity contribution in [2.75, 3.05) is 76.3 Å². The molecule has 2 amide bonds. The van der Waals surface area contributed by atoms with Crippen LogP contribution in [0.1, 0.15) is 19.8 Å². The number of amides is 2. The summed E-state index contributed by atoms with van der Waals surface area (Å²) in [5.41, 5.74) is 2.60. The van der Waals surface area contributed by atoms with Crippen molar-refractivity contribution in [2.45, 2.75) is 19.8 Å². The molecular weight excluding hydrogens is 338 g/mol. The van der Waals surface area contributed by atoms with E-state index in [0.717, 1.165) is 38.6 Å². The molecular formula is C21H35N5O. The zero-order valence-corrected chi connectivity index (χ0v) is 17.2. The van der Waals surface area contributed by atoms with Gasteiger partial charge in [0.15, 0.2) is 0 Å². The van der Waals surface area contributed by atoms with Crippen molar-refractivity contribution in [2.24, 2.45) is 5.92 Å². The van der Waals surface area contributed by atoms with Crippen molar-refractivity contribution in [3.05, 3.63) is 24.3 Å². The fourth-order valence-corrected chi connectivity index (χ4v) is 3.81. The van der Waals surface area contributed by atoms with Gasteiger partial charge >= 0.3 is 6.03 Å². The number of anilines is 2. The molecule has 0 radical (unpaired) electrons. The smallest absolute Gasteiger partial charge is 0.317 e. The Bertz CT molecular complexity index is 587. The molecule has 0 spiro atoms. The van der Waals surface area contributed by atoms with Gasteiger partial charge < -0.3 is 24.9 Å². The second kappa shape index (κ2) is 9.31. The normalized spacial score (nSPS) is 18.9. The molecule has 2 aliphatic heterocycles. The number of rotatable bonds is 5. The molecule has 6 heteroatoms. The molecule has 6 nitrogen and oxygen atoms in total. The monoisotopic (exact) mass is 373 g/mol. The summed E-state index contributed by atoms with van der Waals surface area (Å²) in [5, 5.41) is 3.01. The molecule has 1 N–H and O–H groups in total. The van der Waals surface area contributed by atoms with E-state index in [-0.39, 0.29) is 6.03 Å². The van der Waals surface area contributed by atoms with Gasteiger partial charge in [0.05, 0.1) is 0 Å². The lowest BCUT2D eigenvalue weighted by molar-refractivity contribution is 0.193. The molecule has 2 saturated heterocycles. The average molecular weight is 374 g/mol. The molecule has 3 rings (SSSR count). The molecule has 0 atom stereocenters. The number of likely N-dealkylation sites (N-methyl/N-ethyl adjacent to an activating group) is 1. The van der Waals surface area contributed by atoms with Crippen LogP contribution in [0.2, 0.25) is 0 Å². The first-order valence-electron chi connectivity index (χ1n) is 10.3. The van der Waals surface area contributed by atoms with Crippen molar-refractivity contribution >= 4 is 17.4 Å². The van der Waals surface area contributed by atoms with E-state index in [4.69, 9.17) is 0 Å². The number of hydrogen-bond acceptors (Lipinski definition) is 4. The number of nitrogens with zero attached hydrogens (tertiary/aromatic N) is 4. The van der Waals surface area contributed by atoms with E-state index >= 15 is 0 Å². The highest BCUT2D eigenvalue weighted by Crippen LogP contribution is 2.26. The van der Waals surface area contributed by atoms with Gasteiger partial charge in [-0.05, 0) is 57.1 Å². The second-order valence-corrected chi connectivity index (χ2v) is 8.20. The summed E-state index contributed by atoms with van der Waals surface area (Å²) in [6.07, 6.45) is 2.58. The highest BCUT2D eigenvalue weighted by atomic mass is 16.2. The van der Waals surface area contributed by atoms with Gasteiger partial charge in [-0.15, -0.1) is 0 Å². The Balaban J connectivity index is 1.46. The molecule has 2 heterocycles. The van der Waals surface area contributed by atoms with Crippen LogP contribution in [-0.4, -0.2) is 82.3 Å². The van der Waals surface area contributed by atoms with E-state index in [1.807, 2.05) is 19.0 Å². The summed E-state index contributed by atoms with van der Waals surface area (Å²) >= 11 is 0. The van der Waals surface area contributed by atoms with Crippen LogP contribution in [-0.2, 0) is 0 Å². The largest absolute Gasteiger partial charge is 0.372 e. The highest BCUT2D eigenvalue weighted by molar-refractivity contribution is 5.74. The highest BCUT2D eigenvalue weighted by Gasteiger charge is 2.21. The lowest BCUT2D eigenvalue weighted by Crippen LogP contribution is -2.52. The predicted molar refractivity (Wildman–Crippen MR) is 113 cm³/mol. The SMILES string of the molecule is CC1CCN(c2ccc(N3CCN(C(=O)NCCN(C)C)CC3)cc2)CC1. The van der Waals surface area contributed by atoms with Gasteiger partial charge in [-0.2, -0.15) is 0 Å². The Morgan fingerprint density at radius 3 is 2.00 bits per heavy atom. The molecule has 1 aromatic rings. The van der Waals surface area contributed by atoms with Crippen LogP contribution in [0.25, 0.3) is 0 Å². The maximum atomic E-state index is 12.2. The first-order chi connectivity index (χ1) is 13.0. The Hall–Kier alpha value is -1.95. The van der Waals surface area contributed by atoms with E-state index < -0.39 is 0 Å². The van der Waals surface area contributed by atoms with Gasteiger partial charge in [0.1, 0.15) is 0 Å². The molecule has 2 aliphatic rings. The van der Waals surface area contributed by atoms with Crippen molar-refractivity contribution in [1.29, 1.82) is 0 Å². The van der Waals surface area contributed by atoms with Gasteiger partial charge in [-0.25, -0.2) is 4.79 Å². The Morgan fingerprint density at radius 2 is 1.48 bits per heavy atom. The van der Waals surface area contributed by atoms with Crippen LogP contribution >= 0.6 is 0 Å². The number of hydrogen-bond donors (Lipinski definition) is 1. The Morgan fingerprint density at radius 1 is 0.963 bits per heavy atom. The topological polar surface area (TPSA) is 42.1 Å². The maximum Gasteiger partial charge on any atom is 0.317 e. The summed E-state index contributed by atoms with van der Waals surface area (Å²) in [6.45, 7) is 9.59. The molecule has 1 aromatic carbocycles. The van der Waals surface area contributed by atoms with Gasteiger partial charge in [0, 0.05) is 63.7 Å². The molecule has 0 bridgehead atoms. The van der Waals surface area contributed by atoms with Gasteiger partial charge in [0.2, 0.25) is 0 Å². The van der Waals surface area contributed by atoms with Gasteiger partial charge in [-0.3, -0.25) is 0 Å². The number of benzene rings is 1. The third-order valence-corrected chi connectivity index (χ3v) is 5.77. The zero-order chi connectivity index (χ0) is 19.2. The maximum absolute atomic E-state index is 12.2. The van der Waals surface area contributed by atoms with Gasteiger partial charge in [0.25, 0.3) is 0 Å².